The molecular weight excluding hydrogens is 841 g/mol. The lowest BCUT2D eigenvalue weighted by atomic mass is 9.76. The van der Waals surface area contributed by atoms with Crippen molar-refractivity contribution >= 4 is 32.8 Å². The summed E-state index contributed by atoms with van der Waals surface area (Å²) in [5.41, 5.74) is 8.50. The molecule has 5 nitrogen and oxygen atoms in total. The summed E-state index contributed by atoms with van der Waals surface area (Å²) in [6.45, 7) is 15.8. The van der Waals surface area contributed by atoms with Crippen LogP contribution in [0, 0.1) is 11.7 Å². The van der Waals surface area contributed by atoms with E-state index in [1.54, 1.807) is 22.8 Å². The van der Waals surface area contributed by atoms with Gasteiger partial charge in [-0.25, -0.2) is 4.98 Å². The van der Waals surface area contributed by atoms with E-state index in [0.29, 0.717) is 28.2 Å². The van der Waals surface area contributed by atoms with E-state index in [0.717, 1.165) is 38.8 Å². The number of pyridine rings is 1. The predicted octanol–water partition coefficient (Wildman–Crippen LogP) is 16.4. The summed E-state index contributed by atoms with van der Waals surface area (Å²) in [4.78, 5) is 5.21. The van der Waals surface area contributed by atoms with Gasteiger partial charge < -0.3 is 4.74 Å². The van der Waals surface area contributed by atoms with Crippen LogP contribution in [0.15, 0.2) is 206 Å². The quantitative estimate of drug-likeness (QED) is 0.107. The van der Waals surface area contributed by atoms with Crippen LogP contribution in [0.25, 0.3) is 83.4 Å². The van der Waals surface area contributed by atoms with Crippen molar-refractivity contribution in [3.8, 4) is 62.1 Å². The number of para-hydroxylation sites is 3. The first-order chi connectivity index (χ1) is 37.5. The Morgan fingerprint density at radius 2 is 1.25 bits per heavy atom. The molecule has 0 aliphatic heterocycles. The SMILES string of the molecule is [2H]c1c([2H])c([2H])c(-c2cccc(-c3c([2H])c([2H])c([2H])c([2H])c3[2H])c2-[n+]2[c-]n(-c3cccc(Oc4ccc5c6cc(C(C)(C)C)ccc6n(-c6cc(C(C)C(C)(C)C)c(-c7ccccc7)cn6)c5c4)c3)c3ccccc32)c([2H])c1[2H]. The lowest BCUT2D eigenvalue weighted by molar-refractivity contribution is -0.571. The second-order valence-corrected chi connectivity index (χ2v) is 19.6. The van der Waals surface area contributed by atoms with Gasteiger partial charge in [0.1, 0.15) is 17.3 Å². The largest absolute Gasteiger partial charge is 0.458 e. The molecule has 0 aliphatic rings. The fraction of sp³-hybridized carbons (Fsp3) is 0.156. The highest BCUT2D eigenvalue weighted by atomic mass is 16.5. The predicted molar refractivity (Wildman–Crippen MR) is 285 cm³/mol. The molecule has 0 saturated heterocycles. The highest BCUT2D eigenvalue weighted by molar-refractivity contribution is 6.10. The van der Waals surface area contributed by atoms with Crippen LogP contribution in [0.2, 0.25) is 0 Å². The van der Waals surface area contributed by atoms with Gasteiger partial charge in [0.2, 0.25) is 0 Å². The Hall–Kier alpha value is -8.02. The maximum atomic E-state index is 9.07. The fourth-order valence-corrected chi connectivity index (χ4v) is 9.24. The van der Waals surface area contributed by atoms with E-state index in [9.17, 15) is 0 Å². The molecule has 8 aromatic carbocycles. The third kappa shape index (κ3) is 8.08. The van der Waals surface area contributed by atoms with E-state index in [1.165, 1.54) is 11.1 Å². The minimum atomic E-state index is -0.567. The van der Waals surface area contributed by atoms with E-state index in [1.807, 2.05) is 71.4 Å². The number of ether oxygens (including phenoxy) is 1. The van der Waals surface area contributed by atoms with Gasteiger partial charge in [0.05, 0.1) is 47.1 Å². The van der Waals surface area contributed by atoms with Crippen molar-refractivity contribution in [3.63, 3.8) is 0 Å². The zero-order valence-corrected chi connectivity index (χ0v) is 39.6. The molecular formula is C64H56N4O. The summed E-state index contributed by atoms with van der Waals surface area (Å²) in [5, 5.41) is 2.15. The van der Waals surface area contributed by atoms with Crippen molar-refractivity contribution in [2.45, 2.75) is 59.8 Å². The van der Waals surface area contributed by atoms with Crippen molar-refractivity contribution in [3.05, 3.63) is 224 Å². The third-order valence-corrected chi connectivity index (χ3v) is 13.3. The molecule has 0 N–H and O–H groups in total. The summed E-state index contributed by atoms with van der Waals surface area (Å²) in [5.74, 6) is 2.07. The minimum Gasteiger partial charge on any atom is -0.458 e. The summed E-state index contributed by atoms with van der Waals surface area (Å²) >= 11 is 0. The molecule has 0 spiro atoms. The summed E-state index contributed by atoms with van der Waals surface area (Å²) in [6.07, 6.45) is 5.48. The highest BCUT2D eigenvalue weighted by Crippen LogP contribution is 2.43. The number of imidazole rings is 1. The number of fused-ring (bicyclic) bond motifs is 4. The molecule has 0 saturated carbocycles. The normalized spacial score (nSPS) is 14.5. The van der Waals surface area contributed by atoms with Gasteiger partial charge >= 0.3 is 0 Å². The van der Waals surface area contributed by atoms with Gasteiger partial charge in [-0.05, 0) is 104 Å². The topological polar surface area (TPSA) is 35.9 Å². The van der Waals surface area contributed by atoms with Gasteiger partial charge in [-0.1, -0.05) is 194 Å². The Morgan fingerprint density at radius 1 is 0.580 bits per heavy atom. The number of nitrogens with zero attached hydrogens (tertiary/aromatic N) is 4. The van der Waals surface area contributed by atoms with Crippen LogP contribution in [-0.4, -0.2) is 14.1 Å². The van der Waals surface area contributed by atoms with Crippen molar-refractivity contribution < 1.29 is 23.0 Å². The molecule has 1 unspecified atom stereocenters. The molecule has 11 rings (SSSR count). The Balaban J connectivity index is 1.08. The minimum absolute atomic E-state index is 0.0409. The monoisotopic (exact) mass is 907 g/mol. The van der Waals surface area contributed by atoms with Gasteiger partial charge in [-0.15, -0.1) is 0 Å². The molecule has 69 heavy (non-hydrogen) atoms. The third-order valence-electron chi connectivity index (χ3n) is 13.3. The molecule has 3 aromatic heterocycles. The van der Waals surface area contributed by atoms with E-state index in [2.05, 4.69) is 120 Å². The number of hydrogen-bond acceptors (Lipinski definition) is 2. The lowest BCUT2D eigenvalue weighted by Crippen LogP contribution is -2.31. The molecule has 0 amide bonds. The lowest BCUT2D eigenvalue weighted by Gasteiger charge is -2.30. The van der Waals surface area contributed by atoms with Crippen LogP contribution in [0.5, 0.6) is 11.5 Å². The zero-order valence-electron chi connectivity index (χ0n) is 49.6. The zero-order chi connectivity index (χ0) is 56.1. The summed E-state index contributed by atoms with van der Waals surface area (Å²) in [7, 11) is 0. The fourth-order valence-electron chi connectivity index (χ4n) is 9.24. The van der Waals surface area contributed by atoms with Crippen molar-refractivity contribution in [2.24, 2.45) is 5.41 Å². The van der Waals surface area contributed by atoms with Gasteiger partial charge in [0.25, 0.3) is 6.33 Å². The second kappa shape index (κ2) is 17.2. The Morgan fingerprint density at radius 3 is 1.94 bits per heavy atom. The van der Waals surface area contributed by atoms with E-state index in [4.69, 9.17) is 23.4 Å². The van der Waals surface area contributed by atoms with E-state index >= 15 is 0 Å². The molecule has 3 heterocycles. The molecule has 0 bridgehead atoms. The Bertz CT molecular complexity index is 4140. The first-order valence-corrected chi connectivity index (χ1v) is 23.2. The maximum Gasteiger partial charge on any atom is 0.269 e. The summed E-state index contributed by atoms with van der Waals surface area (Å²) in [6, 6.07) is 40.0. The summed E-state index contributed by atoms with van der Waals surface area (Å²) < 4.78 is 100. The molecule has 0 aliphatic carbocycles. The van der Waals surface area contributed by atoms with Crippen LogP contribution >= 0.6 is 0 Å². The van der Waals surface area contributed by atoms with Crippen LogP contribution in [0.4, 0.5) is 0 Å². The molecule has 5 heteroatoms. The average Bonchev–Trinajstić information content (AvgIpc) is 4.25. The maximum absolute atomic E-state index is 9.07. The number of hydrogen-bond donors (Lipinski definition) is 0. The Kier molecular flexibility index (Phi) is 8.36. The molecule has 11 aromatic rings. The average molecular weight is 907 g/mol. The highest BCUT2D eigenvalue weighted by Gasteiger charge is 2.27. The number of benzene rings is 8. The molecule has 338 valence electrons. The first-order valence-electron chi connectivity index (χ1n) is 28.2. The van der Waals surface area contributed by atoms with Crippen LogP contribution in [-0.2, 0) is 5.41 Å². The number of rotatable bonds is 9. The smallest absolute Gasteiger partial charge is 0.269 e. The van der Waals surface area contributed by atoms with Crippen molar-refractivity contribution in [2.75, 3.05) is 0 Å². The molecule has 0 fully saturated rings. The molecule has 1 atom stereocenters. The van der Waals surface area contributed by atoms with Crippen LogP contribution < -0.4 is 9.30 Å². The number of aromatic nitrogens is 4. The Labute approximate surface area is 419 Å². The van der Waals surface area contributed by atoms with Crippen LogP contribution in [0.1, 0.15) is 79.2 Å². The van der Waals surface area contributed by atoms with E-state index in [-0.39, 0.29) is 44.7 Å². The van der Waals surface area contributed by atoms with Gasteiger partial charge in [-0.2, -0.15) is 0 Å². The van der Waals surface area contributed by atoms with E-state index < -0.39 is 60.4 Å². The second-order valence-electron chi connectivity index (χ2n) is 19.6. The van der Waals surface area contributed by atoms with Crippen molar-refractivity contribution in [1.29, 1.82) is 0 Å². The van der Waals surface area contributed by atoms with Gasteiger partial charge in [0, 0.05) is 28.6 Å². The van der Waals surface area contributed by atoms with Crippen molar-refractivity contribution in [1.82, 2.24) is 14.1 Å². The first kappa shape index (κ1) is 33.5. The standard InChI is InChI=1S/C64H56N4O/c1-43(63(2,3)4)54-40-61(65-41-56(54)46-25-15-10-16-26-46)68-57-36-33-47(64(5,6)7)37-55(57)53-35-34-50(39-60(53)68)69-49-28-19-27-48(38-49)66-42-67(59-32-18-17-31-58(59)66)62-51(44-21-11-8-12-22-44)29-20-30-52(62)45-23-13-9-14-24-45/h8-41,43H,1-7H3/i8D,9D,11D,12D,13D,14D,21D,22D,23D,24D. The van der Waals surface area contributed by atoms with Gasteiger partial charge in [0.15, 0.2) is 0 Å². The molecule has 0 radical (unpaired) electrons. The van der Waals surface area contributed by atoms with Gasteiger partial charge in [-0.3, -0.25) is 13.7 Å². The van der Waals surface area contributed by atoms with Crippen LogP contribution in [0.3, 0.4) is 0 Å².